The van der Waals surface area contributed by atoms with Gasteiger partial charge in [-0.05, 0) is 35.9 Å². The van der Waals surface area contributed by atoms with Gasteiger partial charge in [0.05, 0.1) is 17.1 Å². The van der Waals surface area contributed by atoms with Gasteiger partial charge in [-0.25, -0.2) is 0 Å². The Kier molecular flexibility index (Phi) is 4.86. The summed E-state index contributed by atoms with van der Waals surface area (Å²) < 4.78 is 0.984. The highest BCUT2D eigenvalue weighted by Gasteiger charge is 2.07. The molecule has 0 saturated carbocycles. The quantitative estimate of drug-likeness (QED) is 0.827. The van der Waals surface area contributed by atoms with E-state index in [9.17, 15) is 4.79 Å². The van der Waals surface area contributed by atoms with Crippen LogP contribution < -0.4 is 5.32 Å². The normalized spacial score (nSPS) is 10.3. The zero-order valence-corrected chi connectivity index (χ0v) is 12.9. The summed E-state index contributed by atoms with van der Waals surface area (Å²) in [5, 5.41) is 3.72. The minimum absolute atomic E-state index is 0.119. The Balaban J connectivity index is 2.03. The lowest BCUT2D eigenvalue weighted by Crippen LogP contribution is -2.14. The molecule has 0 radical (unpaired) electrons. The number of nitrogens with one attached hydrogen (secondary N) is 1. The van der Waals surface area contributed by atoms with Crippen molar-refractivity contribution in [2.75, 3.05) is 5.32 Å². The zero-order chi connectivity index (χ0) is 13.8. The van der Waals surface area contributed by atoms with E-state index < -0.39 is 0 Å². The zero-order valence-electron chi connectivity index (χ0n) is 9.79. The molecule has 0 heterocycles. The average molecular weight is 359 g/mol. The highest BCUT2D eigenvalue weighted by molar-refractivity contribution is 9.10. The Morgan fingerprint density at radius 1 is 1.11 bits per heavy atom. The van der Waals surface area contributed by atoms with Gasteiger partial charge in [-0.3, -0.25) is 4.79 Å². The molecular weight excluding hydrogens is 349 g/mol. The third kappa shape index (κ3) is 4.23. The summed E-state index contributed by atoms with van der Waals surface area (Å²) in [6.45, 7) is 0. The minimum atomic E-state index is -0.119. The summed E-state index contributed by atoms with van der Waals surface area (Å²) in [4.78, 5) is 11.9. The van der Waals surface area contributed by atoms with Crippen LogP contribution in [0, 0.1) is 0 Å². The molecule has 0 aliphatic carbocycles. The number of benzene rings is 2. The lowest BCUT2D eigenvalue weighted by molar-refractivity contribution is -0.115. The molecule has 19 heavy (non-hydrogen) atoms. The third-order valence-electron chi connectivity index (χ3n) is 2.48. The van der Waals surface area contributed by atoms with Gasteiger partial charge < -0.3 is 5.32 Å². The van der Waals surface area contributed by atoms with Gasteiger partial charge in [0.15, 0.2) is 0 Å². The van der Waals surface area contributed by atoms with Crippen LogP contribution in [0.25, 0.3) is 0 Å². The van der Waals surface area contributed by atoms with E-state index >= 15 is 0 Å². The number of anilines is 1. The third-order valence-corrected chi connectivity index (χ3v) is 3.56. The van der Waals surface area contributed by atoms with Crippen LogP contribution in [0.4, 0.5) is 5.69 Å². The molecule has 98 valence electrons. The predicted octanol–water partition coefficient (Wildman–Crippen LogP) is 4.94. The predicted molar refractivity (Wildman–Crippen MR) is 82.9 cm³/mol. The van der Waals surface area contributed by atoms with Crippen LogP contribution in [0.5, 0.6) is 0 Å². The van der Waals surface area contributed by atoms with Gasteiger partial charge in [0.2, 0.25) is 5.91 Å². The lowest BCUT2D eigenvalue weighted by atomic mass is 10.1. The Hall–Kier alpha value is -1.03. The van der Waals surface area contributed by atoms with Crippen LogP contribution in [-0.2, 0) is 11.2 Å². The fraction of sp³-hybridized carbons (Fsp3) is 0.0714. The van der Waals surface area contributed by atoms with Crippen LogP contribution >= 0.6 is 39.1 Å². The molecular formula is C14H10BrCl2NO. The molecule has 0 aliphatic rings. The van der Waals surface area contributed by atoms with Crippen molar-refractivity contribution in [1.82, 2.24) is 0 Å². The van der Waals surface area contributed by atoms with E-state index in [1.165, 1.54) is 0 Å². The summed E-state index contributed by atoms with van der Waals surface area (Å²) >= 11 is 15.1. The first-order valence-corrected chi connectivity index (χ1v) is 7.09. The van der Waals surface area contributed by atoms with Gasteiger partial charge >= 0.3 is 0 Å². The van der Waals surface area contributed by atoms with E-state index in [4.69, 9.17) is 23.2 Å². The van der Waals surface area contributed by atoms with E-state index in [0.717, 1.165) is 10.0 Å². The van der Waals surface area contributed by atoms with Crippen molar-refractivity contribution in [2.45, 2.75) is 6.42 Å². The monoisotopic (exact) mass is 357 g/mol. The minimum Gasteiger partial charge on any atom is -0.324 e. The van der Waals surface area contributed by atoms with Crippen LogP contribution in [0.2, 0.25) is 10.0 Å². The molecule has 1 N–H and O–H groups in total. The van der Waals surface area contributed by atoms with E-state index in [1.807, 2.05) is 24.3 Å². The molecule has 2 aromatic carbocycles. The number of hydrogen-bond acceptors (Lipinski definition) is 1. The number of halogens is 3. The van der Waals surface area contributed by atoms with Crippen LogP contribution in [0.15, 0.2) is 46.9 Å². The smallest absolute Gasteiger partial charge is 0.228 e. The topological polar surface area (TPSA) is 29.1 Å². The molecule has 1 amide bonds. The number of rotatable bonds is 3. The molecule has 0 bridgehead atoms. The molecule has 0 fully saturated rings. The second-order valence-electron chi connectivity index (χ2n) is 3.98. The SMILES string of the molecule is O=C(Cc1ccc(Br)cc1)Nc1ccc(Cl)cc1Cl. The number of carbonyl (C=O) groups excluding carboxylic acids is 1. The summed E-state index contributed by atoms with van der Waals surface area (Å²) in [5.74, 6) is -0.119. The Morgan fingerprint density at radius 2 is 1.79 bits per heavy atom. The molecule has 2 rings (SSSR count). The maximum absolute atomic E-state index is 11.9. The number of carbonyl (C=O) groups is 1. The molecule has 0 saturated heterocycles. The summed E-state index contributed by atoms with van der Waals surface area (Å²) in [5.41, 5.74) is 1.50. The second-order valence-corrected chi connectivity index (χ2v) is 5.73. The van der Waals surface area contributed by atoms with E-state index in [-0.39, 0.29) is 5.91 Å². The van der Waals surface area contributed by atoms with Crippen molar-refractivity contribution in [3.05, 3.63) is 62.5 Å². The van der Waals surface area contributed by atoms with Crippen molar-refractivity contribution in [1.29, 1.82) is 0 Å². The second kappa shape index (κ2) is 6.42. The molecule has 2 aromatic rings. The number of hydrogen-bond donors (Lipinski definition) is 1. The average Bonchev–Trinajstić information content (AvgIpc) is 2.36. The first-order chi connectivity index (χ1) is 9.04. The van der Waals surface area contributed by atoms with Crippen LogP contribution in [0.1, 0.15) is 5.56 Å². The Morgan fingerprint density at radius 3 is 2.42 bits per heavy atom. The van der Waals surface area contributed by atoms with Crippen LogP contribution in [0.3, 0.4) is 0 Å². The molecule has 2 nitrogen and oxygen atoms in total. The Labute approximate surface area is 129 Å². The maximum atomic E-state index is 11.9. The van der Waals surface area contributed by atoms with Gasteiger partial charge in [-0.15, -0.1) is 0 Å². The summed E-state index contributed by atoms with van der Waals surface area (Å²) in [6, 6.07) is 12.6. The van der Waals surface area contributed by atoms with Gasteiger partial charge in [0.25, 0.3) is 0 Å². The maximum Gasteiger partial charge on any atom is 0.228 e. The van der Waals surface area contributed by atoms with Crippen molar-refractivity contribution in [3.63, 3.8) is 0 Å². The Bertz CT molecular complexity index is 599. The highest BCUT2D eigenvalue weighted by atomic mass is 79.9. The van der Waals surface area contributed by atoms with Gasteiger partial charge in [-0.1, -0.05) is 51.3 Å². The van der Waals surface area contributed by atoms with E-state index in [0.29, 0.717) is 22.2 Å². The van der Waals surface area contributed by atoms with Crippen molar-refractivity contribution in [3.8, 4) is 0 Å². The molecule has 0 spiro atoms. The lowest BCUT2D eigenvalue weighted by Gasteiger charge is -2.07. The molecule has 0 unspecified atom stereocenters. The van der Waals surface area contributed by atoms with E-state index in [2.05, 4.69) is 21.2 Å². The molecule has 0 aliphatic heterocycles. The summed E-state index contributed by atoms with van der Waals surface area (Å²) in [7, 11) is 0. The fourth-order valence-corrected chi connectivity index (χ4v) is 2.29. The van der Waals surface area contributed by atoms with Crippen molar-refractivity contribution >= 4 is 50.7 Å². The fourth-order valence-electron chi connectivity index (χ4n) is 1.57. The summed E-state index contributed by atoms with van der Waals surface area (Å²) in [6.07, 6.45) is 0.298. The number of amides is 1. The van der Waals surface area contributed by atoms with Gasteiger partial charge in [-0.2, -0.15) is 0 Å². The molecule has 5 heteroatoms. The van der Waals surface area contributed by atoms with Crippen molar-refractivity contribution < 1.29 is 4.79 Å². The standard InChI is InChI=1S/C14H10BrCl2NO/c15-10-3-1-9(2-4-10)7-14(19)18-13-6-5-11(16)8-12(13)17/h1-6,8H,7H2,(H,18,19). The molecule has 0 aromatic heterocycles. The van der Waals surface area contributed by atoms with E-state index in [1.54, 1.807) is 18.2 Å². The van der Waals surface area contributed by atoms with Crippen molar-refractivity contribution in [2.24, 2.45) is 0 Å². The largest absolute Gasteiger partial charge is 0.324 e. The molecule has 0 atom stereocenters. The first-order valence-electron chi connectivity index (χ1n) is 5.54. The van der Waals surface area contributed by atoms with Crippen LogP contribution in [-0.4, -0.2) is 5.91 Å². The first kappa shape index (κ1) is 14.4. The van der Waals surface area contributed by atoms with Gasteiger partial charge in [0, 0.05) is 9.50 Å². The highest BCUT2D eigenvalue weighted by Crippen LogP contribution is 2.25. The van der Waals surface area contributed by atoms with Gasteiger partial charge in [0.1, 0.15) is 0 Å².